The van der Waals surface area contributed by atoms with Crippen molar-refractivity contribution in [2.75, 3.05) is 45.9 Å². The van der Waals surface area contributed by atoms with Crippen LogP contribution in [0.5, 0.6) is 0 Å². The van der Waals surface area contributed by atoms with E-state index in [0.717, 1.165) is 58.8 Å². The third-order valence-electron chi connectivity index (χ3n) is 3.46. The molecule has 5 nitrogen and oxygen atoms in total. The second-order valence-electron chi connectivity index (χ2n) is 4.75. The third-order valence-corrected chi connectivity index (χ3v) is 3.46. The van der Waals surface area contributed by atoms with Crippen LogP contribution < -0.4 is 10.6 Å². The van der Waals surface area contributed by atoms with Crippen LogP contribution >= 0.6 is 0 Å². The number of piperidine rings is 1. The summed E-state index contributed by atoms with van der Waals surface area (Å²) >= 11 is 0. The molecule has 2 saturated heterocycles. The zero-order valence-electron chi connectivity index (χ0n) is 10.4. The highest BCUT2D eigenvalue weighted by atomic mass is 16.5. The third kappa shape index (κ3) is 4.26. The van der Waals surface area contributed by atoms with Crippen molar-refractivity contribution in [2.24, 2.45) is 0 Å². The van der Waals surface area contributed by atoms with Crippen molar-refractivity contribution >= 4 is 5.91 Å². The molecule has 2 rings (SSSR count). The molecule has 0 aliphatic carbocycles. The fourth-order valence-electron chi connectivity index (χ4n) is 2.36. The van der Waals surface area contributed by atoms with Crippen molar-refractivity contribution in [1.29, 1.82) is 0 Å². The average molecular weight is 241 g/mol. The molecule has 0 radical (unpaired) electrons. The number of hydrogen-bond acceptors (Lipinski definition) is 4. The van der Waals surface area contributed by atoms with E-state index in [-0.39, 0.29) is 11.9 Å². The Kier molecular flexibility index (Phi) is 5.22. The summed E-state index contributed by atoms with van der Waals surface area (Å²) in [5, 5.41) is 6.28. The Morgan fingerprint density at radius 2 is 2.18 bits per heavy atom. The first kappa shape index (κ1) is 12.8. The van der Waals surface area contributed by atoms with Gasteiger partial charge < -0.3 is 15.4 Å². The van der Waals surface area contributed by atoms with Crippen molar-refractivity contribution in [2.45, 2.75) is 25.3 Å². The smallest absolute Gasteiger partial charge is 0.237 e. The second-order valence-corrected chi connectivity index (χ2v) is 4.75. The van der Waals surface area contributed by atoms with Gasteiger partial charge in [-0.2, -0.15) is 0 Å². The Labute approximate surface area is 103 Å². The first-order chi connectivity index (χ1) is 8.36. The van der Waals surface area contributed by atoms with Gasteiger partial charge in [-0.05, 0) is 19.4 Å². The SMILES string of the molecule is O=C(NCCN1CCOCC1)C1CCCCN1. The molecule has 2 aliphatic rings. The van der Waals surface area contributed by atoms with Crippen LogP contribution in [0.3, 0.4) is 0 Å². The monoisotopic (exact) mass is 241 g/mol. The van der Waals surface area contributed by atoms with E-state index in [1.54, 1.807) is 0 Å². The number of rotatable bonds is 4. The molecule has 2 aliphatic heterocycles. The van der Waals surface area contributed by atoms with Crippen LogP contribution in [0, 0.1) is 0 Å². The summed E-state index contributed by atoms with van der Waals surface area (Å²) in [6.07, 6.45) is 3.33. The lowest BCUT2D eigenvalue weighted by molar-refractivity contribution is -0.123. The normalized spacial score (nSPS) is 26.7. The maximum atomic E-state index is 11.8. The summed E-state index contributed by atoms with van der Waals surface area (Å²) in [5.41, 5.74) is 0. The highest BCUT2D eigenvalue weighted by Crippen LogP contribution is 2.06. The van der Waals surface area contributed by atoms with Gasteiger partial charge in [-0.15, -0.1) is 0 Å². The average Bonchev–Trinajstić information content (AvgIpc) is 2.41. The Balaban J connectivity index is 1.58. The molecule has 0 bridgehead atoms. The van der Waals surface area contributed by atoms with Crippen LogP contribution in [0.25, 0.3) is 0 Å². The number of hydrogen-bond donors (Lipinski definition) is 2. The largest absolute Gasteiger partial charge is 0.379 e. The lowest BCUT2D eigenvalue weighted by Gasteiger charge is -2.27. The zero-order valence-corrected chi connectivity index (χ0v) is 10.4. The van der Waals surface area contributed by atoms with Crippen LogP contribution in [0.1, 0.15) is 19.3 Å². The van der Waals surface area contributed by atoms with Crippen molar-refractivity contribution in [3.8, 4) is 0 Å². The van der Waals surface area contributed by atoms with Gasteiger partial charge >= 0.3 is 0 Å². The molecule has 98 valence electrons. The Hall–Kier alpha value is -0.650. The van der Waals surface area contributed by atoms with Gasteiger partial charge in [0.25, 0.3) is 0 Å². The molecule has 1 unspecified atom stereocenters. The number of nitrogens with one attached hydrogen (secondary N) is 2. The second kappa shape index (κ2) is 6.93. The Bertz CT molecular complexity index is 236. The van der Waals surface area contributed by atoms with Crippen LogP contribution in [-0.2, 0) is 9.53 Å². The number of carbonyl (C=O) groups is 1. The summed E-state index contributed by atoms with van der Waals surface area (Å²) in [4.78, 5) is 14.2. The van der Waals surface area contributed by atoms with E-state index in [4.69, 9.17) is 4.74 Å². The highest BCUT2D eigenvalue weighted by Gasteiger charge is 2.20. The molecule has 2 fully saturated rings. The number of ether oxygens (including phenoxy) is 1. The summed E-state index contributed by atoms with van der Waals surface area (Å²) in [6.45, 7) is 6.26. The molecule has 0 spiro atoms. The molecule has 2 N–H and O–H groups in total. The van der Waals surface area contributed by atoms with E-state index in [9.17, 15) is 4.79 Å². The topological polar surface area (TPSA) is 53.6 Å². The number of nitrogens with zero attached hydrogens (tertiary/aromatic N) is 1. The summed E-state index contributed by atoms with van der Waals surface area (Å²) in [5.74, 6) is 0.165. The summed E-state index contributed by atoms with van der Waals surface area (Å²) in [6, 6.07) is 0.0356. The molecule has 0 aromatic carbocycles. The number of amides is 1. The predicted octanol–water partition coefficient (Wildman–Crippen LogP) is -0.423. The first-order valence-corrected chi connectivity index (χ1v) is 6.67. The van der Waals surface area contributed by atoms with E-state index < -0.39 is 0 Å². The van der Waals surface area contributed by atoms with Gasteiger partial charge in [0.1, 0.15) is 0 Å². The van der Waals surface area contributed by atoms with Gasteiger partial charge in [0.15, 0.2) is 0 Å². The van der Waals surface area contributed by atoms with E-state index in [1.807, 2.05) is 0 Å². The maximum Gasteiger partial charge on any atom is 0.237 e. The van der Waals surface area contributed by atoms with Crippen LogP contribution in [0.4, 0.5) is 0 Å². The van der Waals surface area contributed by atoms with E-state index in [1.165, 1.54) is 6.42 Å². The lowest BCUT2D eigenvalue weighted by Crippen LogP contribution is -2.48. The van der Waals surface area contributed by atoms with Crippen LogP contribution in [0.15, 0.2) is 0 Å². The summed E-state index contributed by atoms with van der Waals surface area (Å²) < 4.78 is 5.28. The fourth-order valence-corrected chi connectivity index (χ4v) is 2.36. The molecule has 2 heterocycles. The molecular formula is C12H23N3O2. The maximum absolute atomic E-state index is 11.8. The predicted molar refractivity (Wildman–Crippen MR) is 65.9 cm³/mol. The molecule has 0 aromatic rings. The molecule has 17 heavy (non-hydrogen) atoms. The molecular weight excluding hydrogens is 218 g/mol. The van der Waals surface area contributed by atoms with Gasteiger partial charge in [0.05, 0.1) is 19.3 Å². The molecule has 1 atom stereocenters. The van der Waals surface area contributed by atoms with Gasteiger partial charge in [-0.1, -0.05) is 6.42 Å². The van der Waals surface area contributed by atoms with Crippen molar-refractivity contribution in [3.05, 3.63) is 0 Å². The van der Waals surface area contributed by atoms with Crippen molar-refractivity contribution in [3.63, 3.8) is 0 Å². The van der Waals surface area contributed by atoms with Gasteiger partial charge in [0, 0.05) is 26.2 Å². The quantitative estimate of drug-likeness (QED) is 0.702. The Morgan fingerprint density at radius 3 is 2.88 bits per heavy atom. The molecule has 5 heteroatoms. The fraction of sp³-hybridized carbons (Fsp3) is 0.917. The van der Waals surface area contributed by atoms with Crippen LogP contribution in [-0.4, -0.2) is 62.8 Å². The Morgan fingerprint density at radius 1 is 1.35 bits per heavy atom. The molecule has 0 aromatic heterocycles. The zero-order chi connectivity index (χ0) is 11.9. The van der Waals surface area contributed by atoms with Gasteiger partial charge in [0.2, 0.25) is 5.91 Å². The minimum absolute atomic E-state index is 0.0356. The van der Waals surface area contributed by atoms with Gasteiger partial charge in [-0.3, -0.25) is 9.69 Å². The molecule has 1 amide bonds. The molecule has 0 saturated carbocycles. The van der Waals surface area contributed by atoms with Crippen molar-refractivity contribution in [1.82, 2.24) is 15.5 Å². The van der Waals surface area contributed by atoms with Crippen LogP contribution in [0.2, 0.25) is 0 Å². The van der Waals surface area contributed by atoms with Crippen molar-refractivity contribution < 1.29 is 9.53 Å². The highest BCUT2D eigenvalue weighted by molar-refractivity contribution is 5.81. The standard InChI is InChI=1S/C12H23N3O2/c16-12(11-3-1-2-4-13-11)14-5-6-15-7-9-17-10-8-15/h11,13H,1-10H2,(H,14,16). The minimum Gasteiger partial charge on any atom is -0.379 e. The summed E-state index contributed by atoms with van der Waals surface area (Å²) in [7, 11) is 0. The number of carbonyl (C=O) groups excluding carboxylic acids is 1. The number of morpholine rings is 1. The van der Waals surface area contributed by atoms with E-state index >= 15 is 0 Å². The lowest BCUT2D eigenvalue weighted by atomic mass is 10.0. The van der Waals surface area contributed by atoms with E-state index in [2.05, 4.69) is 15.5 Å². The first-order valence-electron chi connectivity index (χ1n) is 6.67. The van der Waals surface area contributed by atoms with Gasteiger partial charge in [-0.25, -0.2) is 0 Å². The minimum atomic E-state index is 0.0356. The van der Waals surface area contributed by atoms with E-state index in [0.29, 0.717) is 0 Å².